The Morgan fingerprint density at radius 3 is 1.22 bits per heavy atom. The van der Waals surface area contributed by atoms with Crippen LogP contribution in [0.3, 0.4) is 0 Å². The Hall–Kier alpha value is -0.160. The largest absolute Gasteiger partial charge is 0.632 e. The molecule has 1 aliphatic rings. The first-order chi connectivity index (χ1) is 8.25. The SMILES string of the molecule is CC(C)CC[N+]1([O-])CC[N+]([O-])(CCC(C)C)CC1. The highest BCUT2D eigenvalue weighted by atomic mass is 16.6. The van der Waals surface area contributed by atoms with E-state index in [9.17, 15) is 10.4 Å². The third kappa shape index (κ3) is 5.22. The van der Waals surface area contributed by atoms with Crippen LogP contribution in [-0.4, -0.2) is 48.6 Å². The van der Waals surface area contributed by atoms with Crippen molar-refractivity contribution < 1.29 is 9.29 Å². The molecule has 1 aliphatic heterocycles. The van der Waals surface area contributed by atoms with Gasteiger partial charge in [0.05, 0.1) is 13.1 Å². The summed E-state index contributed by atoms with van der Waals surface area (Å²) in [7, 11) is 0. The maximum absolute atomic E-state index is 12.4. The molecule has 0 bridgehead atoms. The summed E-state index contributed by atoms with van der Waals surface area (Å²) in [5, 5.41) is 24.9. The quantitative estimate of drug-likeness (QED) is 0.543. The summed E-state index contributed by atoms with van der Waals surface area (Å²) < 4.78 is -0.274. The lowest BCUT2D eigenvalue weighted by Crippen LogP contribution is -2.63. The summed E-state index contributed by atoms with van der Waals surface area (Å²) in [4.78, 5) is 0. The monoisotopic (exact) mass is 258 g/mol. The fourth-order valence-electron chi connectivity index (χ4n) is 2.39. The van der Waals surface area contributed by atoms with Crippen LogP contribution >= 0.6 is 0 Å². The van der Waals surface area contributed by atoms with E-state index >= 15 is 0 Å². The van der Waals surface area contributed by atoms with E-state index in [1.807, 2.05) is 0 Å². The Bertz CT molecular complexity index is 220. The second kappa shape index (κ2) is 6.33. The zero-order valence-electron chi connectivity index (χ0n) is 12.5. The van der Waals surface area contributed by atoms with Crippen molar-refractivity contribution in [1.29, 1.82) is 0 Å². The summed E-state index contributed by atoms with van der Waals surface area (Å²) in [6, 6.07) is 0. The number of hydroxylamine groups is 6. The third-order valence-electron chi connectivity index (χ3n) is 4.06. The van der Waals surface area contributed by atoms with Gasteiger partial charge in [-0.25, -0.2) is 0 Å². The van der Waals surface area contributed by atoms with Crippen molar-refractivity contribution in [3.8, 4) is 0 Å². The van der Waals surface area contributed by atoms with E-state index < -0.39 is 0 Å². The van der Waals surface area contributed by atoms with Crippen LogP contribution in [0.1, 0.15) is 40.5 Å². The highest BCUT2D eigenvalue weighted by Gasteiger charge is 2.32. The molecule has 1 saturated heterocycles. The average Bonchev–Trinajstić information content (AvgIpc) is 2.29. The maximum Gasteiger partial charge on any atom is 0.129 e. The molecule has 1 rings (SSSR count). The molecule has 108 valence electrons. The van der Waals surface area contributed by atoms with Crippen molar-refractivity contribution in [2.45, 2.75) is 40.5 Å². The summed E-state index contributed by atoms with van der Waals surface area (Å²) in [6.45, 7) is 12.0. The molecule has 18 heavy (non-hydrogen) atoms. The fourth-order valence-corrected chi connectivity index (χ4v) is 2.39. The first-order valence-electron chi connectivity index (χ1n) is 7.39. The Morgan fingerprint density at radius 1 is 0.722 bits per heavy atom. The predicted molar refractivity (Wildman–Crippen MR) is 75.4 cm³/mol. The second-order valence-corrected chi connectivity index (χ2v) is 6.82. The molecule has 0 atom stereocenters. The minimum absolute atomic E-state index is 0.137. The van der Waals surface area contributed by atoms with Gasteiger partial charge in [-0.2, -0.15) is 0 Å². The van der Waals surface area contributed by atoms with Gasteiger partial charge in [-0.15, -0.1) is 0 Å². The fraction of sp³-hybridized carbons (Fsp3) is 1.00. The van der Waals surface area contributed by atoms with Crippen LogP contribution < -0.4 is 0 Å². The molecule has 0 N–H and O–H groups in total. The van der Waals surface area contributed by atoms with Crippen LogP contribution in [0.4, 0.5) is 0 Å². The molecule has 0 radical (unpaired) electrons. The normalized spacial score (nSPS) is 33.3. The minimum Gasteiger partial charge on any atom is -0.632 e. The molecule has 4 heteroatoms. The molecule has 0 aromatic rings. The number of quaternary nitrogens is 2. The average molecular weight is 258 g/mol. The van der Waals surface area contributed by atoms with E-state index in [0.717, 1.165) is 12.8 Å². The molecule has 0 aromatic carbocycles. The van der Waals surface area contributed by atoms with Gasteiger partial charge in [-0.3, -0.25) is 0 Å². The lowest BCUT2D eigenvalue weighted by molar-refractivity contribution is -0.989. The summed E-state index contributed by atoms with van der Waals surface area (Å²) in [5.41, 5.74) is 0. The Kier molecular flexibility index (Phi) is 5.59. The molecule has 0 amide bonds. The van der Waals surface area contributed by atoms with Crippen molar-refractivity contribution in [3.63, 3.8) is 0 Å². The van der Waals surface area contributed by atoms with Gasteiger partial charge in [0.2, 0.25) is 0 Å². The van der Waals surface area contributed by atoms with E-state index in [-0.39, 0.29) is 9.29 Å². The van der Waals surface area contributed by atoms with Crippen molar-refractivity contribution in [2.24, 2.45) is 11.8 Å². The van der Waals surface area contributed by atoms with Crippen LogP contribution in [0.2, 0.25) is 0 Å². The summed E-state index contributed by atoms with van der Waals surface area (Å²) in [5.74, 6) is 1.15. The second-order valence-electron chi connectivity index (χ2n) is 6.82. The van der Waals surface area contributed by atoms with Gasteiger partial charge in [0.15, 0.2) is 0 Å². The highest BCUT2D eigenvalue weighted by Crippen LogP contribution is 2.20. The number of nitrogens with zero attached hydrogens (tertiary/aromatic N) is 2. The van der Waals surface area contributed by atoms with Gasteiger partial charge in [-0.1, -0.05) is 27.7 Å². The van der Waals surface area contributed by atoms with Gasteiger partial charge in [0.1, 0.15) is 26.2 Å². The van der Waals surface area contributed by atoms with Gasteiger partial charge in [0.25, 0.3) is 0 Å². The number of piperazine rings is 1. The molecule has 0 aliphatic carbocycles. The number of hydrogen-bond acceptors (Lipinski definition) is 2. The maximum atomic E-state index is 12.4. The van der Waals surface area contributed by atoms with Gasteiger partial charge in [-0.05, 0) is 24.7 Å². The smallest absolute Gasteiger partial charge is 0.129 e. The van der Waals surface area contributed by atoms with Crippen LogP contribution in [0.25, 0.3) is 0 Å². The molecule has 0 aromatic heterocycles. The Morgan fingerprint density at radius 2 is 1.00 bits per heavy atom. The van der Waals surface area contributed by atoms with Crippen LogP contribution in [0.15, 0.2) is 0 Å². The number of rotatable bonds is 6. The van der Waals surface area contributed by atoms with Gasteiger partial charge >= 0.3 is 0 Å². The minimum atomic E-state index is -0.137. The first-order valence-corrected chi connectivity index (χ1v) is 7.39. The Balaban J connectivity index is 2.38. The third-order valence-corrected chi connectivity index (χ3v) is 4.06. The van der Waals surface area contributed by atoms with Crippen molar-refractivity contribution in [3.05, 3.63) is 10.4 Å². The predicted octanol–water partition coefficient (Wildman–Crippen LogP) is 2.72. The molecular weight excluding hydrogens is 228 g/mol. The molecule has 0 saturated carbocycles. The molecule has 0 spiro atoms. The van der Waals surface area contributed by atoms with Crippen LogP contribution in [0.5, 0.6) is 0 Å². The molecule has 1 heterocycles. The van der Waals surface area contributed by atoms with Crippen molar-refractivity contribution in [2.75, 3.05) is 39.3 Å². The summed E-state index contributed by atoms with van der Waals surface area (Å²) in [6.07, 6.45) is 1.93. The lowest BCUT2D eigenvalue weighted by atomic mass is 10.1. The summed E-state index contributed by atoms with van der Waals surface area (Å²) >= 11 is 0. The van der Waals surface area contributed by atoms with Crippen molar-refractivity contribution in [1.82, 2.24) is 0 Å². The Labute approximate surface area is 112 Å². The first kappa shape index (κ1) is 15.9. The molecule has 1 fully saturated rings. The zero-order chi connectivity index (χ0) is 13.8. The van der Waals surface area contributed by atoms with Crippen LogP contribution in [0, 0.1) is 22.3 Å². The van der Waals surface area contributed by atoms with Crippen LogP contribution in [-0.2, 0) is 0 Å². The standard InChI is InChI=1S/C14H30N2O2/c1-13(2)5-7-15(17)9-11-16(18,12-10-15)8-6-14(3)4/h13-14H,5-12H2,1-4H3. The zero-order valence-corrected chi connectivity index (χ0v) is 12.5. The number of hydrogen-bond donors (Lipinski definition) is 0. The van der Waals surface area contributed by atoms with Crippen molar-refractivity contribution >= 4 is 0 Å². The highest BCUT2D eigenvalue weighted by molar-refractivity contribution is 4.58. The van der Waals surface area contributed by atoms with E-state index in [0.29, 0.717) is 51.1 Å². The van der Waals surface area contributed by atoms with E-state index in [1.54, 1.807) is 0 Å². The molecule has 4 nitrogen and oxygen atoms in total. The molecule has 0 unspecified atom stereocenters. The lowest BCUT2D eigenvalue weighted by Gasteiger charge is -2.54. The van der Waals surface area contributed by atoms with E-state index in [4.69, 9.17) is 0 Å². The van der Waals surface area contributed by atoms with Gasteiger partial charge in [0, 0.05) is 0 Å². The molecular formula is C14H30N2O2. The van der Waals surface area contributed by atoms with E-state index in [1.165, 1.54) is 0 Å². The topological polar surface area (TPSA) is 46.1 Å². The van der Waals surface area contributed by atoms with Gasteiger partial charge < -0.3 is 19.7 Å². The van der Waals surface area contributed by atoms with E-state index in [2.05, 4.69) is 27.7 Å².